The van der Waals surface area contributed by atoms with Gasteiger partial charge in [-0.2, -0.15) is 13.2 Å². The fourth-order valence-corrected chi connectivity index (χ4v) is 5.41. The Morgan fingerprint density at radius 1 is 1.06 bits per heavy atom. The minimum atomic E-state index is -4.72. The predicted molar refractivity (Wildman–Crippen MR) is 194 cm³/mol. The number of hydrogen-bond donors (Lipinski definition) is 3. The predicted octanol–water partition coefficient (Wildman–Crippen LogP) is 9.97. The molecule has 0 aromatic heterocycles. The van der Waals surface area contributed by atoms with Crippen LogP contribution in [0.2, 0.25) is 0 Å². The van der Waals surface area contributed by atoms with Crippen LogP contribution in [0.1, 0.15) is 83.9 Å². The number of nitrogens with zero attached hydrogens (tertiary/aromatic N) is 1. The molecule has 2 aromatic carbocycles. The fourth-order valence-electron chi connectivity index (χ4n) is 5.41. The number of benzene rings is 2. The molecule has 1 saturated carbocycles. The first-order valence-electron chi connectivity index (χ1n) is 17.5. The van der Waals surface area contributed by atoms with Crippen molar-refractivity contribution in [2.24, 2.45) is 16.8 Å². The quantitative estimate of drug-likeness (QED) is 0.135. The maximum Gasteiger partial charge on any atom is 0.412 e. The van der Waals surface area contributed by atoms with Crippen molar-refractivity contribution in [3.05, 3.63) is 107 Å². The van der Waals surface area contributed by atoms with Gasteiger partial charge < -0.3 is 20.7 Å². The van der Waals surface area contributed by atoms with E-state index in [1.807, 2.05) is 12.2 Å². The Morgan fingerprint density at radius 3 is 2.49 bits per heavy atom. The molecule has 2 aromatic rings. The molecule has 2 unspecified atom stereocenters. The molecule has 51 heavy (non-hydrogen) atoms. The topological polar surface area (TPSA) is 91.8 Å². The van der Waals surface area contributed by atoms with Crippen LogP contribution in [0.5, 0.6) is 0 Å². The van der Waals surface area contributed by atoms with Gasteiger partial charge in [0.05, 0.1) is 17.4 Å². The van der Waals surface area contributed by atoms with E-state index in [2.05, 4.69) is 46.1 Å². The van der Waals surface area contributed by atoms with Gasteiger partial charge in [0.25, 0.3) is 5.91 Å². The van der Waals surface area contributed by atoms with Crippen molar-refractivity contribution in [1.29, 1.82) is 0 Å². The molecule has 0 saturated heterocycles. The van der Waals surface area contributed by atoms with Gasteiger partial charge in [0.1, 0.15) is 17.1 Å². The van der Waals surface area contributed by atoms with Crippen molar-refractivity contribution in [2.75, 3.05) is 11.9 Å². The minimum Gasteiger partial charge on any atom is -0.444 e. The SMILES string of the molecule is CCC/C(=C\C(=Nc1cccc(CNC(=O)OC(C)(C)C)c1)C(=O)Nc1cc(C(NCC2CC2)C2=CC=CC(CC)C=C2)ccc1F)C(F)(F)F. The summed E-state index contributed by atoms with van der Waals surface area (Å²) in [4.78, 5) is 30.2. The molecule has 1 fully saturated rings. The lowest BCUT2D eigenvalue weighted by atomic mass is 9.96. The molecule has 0 aliphatic heterocycles. The second-order valence-corrected chi connectivity index (χ2v) is 13.9. The molecule has 11 heteroatoms. The second kappa shape index (κ2) is 17.6. The largest absolute Gasteiger partial charge is 0.444 e. The Morgan fingerprint density at radius 2 is 1.82 bits per heavy atom. The van der Waals surface area contributed by atoms with Crippen molar-refractivity contribution in [2.45, 2.75) is 91.1 Å². The summed E-state index contributed by atoms with van der Waals surface area (Å²) in [5.41, 5.74) is 0.0163. The Hall–Kier alpha value is -4.51. The summed E-state index contributed by atoms with van der Waals surface area (Å²) in [6.07, 6.45) is 8.72. The number of hydrogen-bond acceptors (Lipinski definition) is 5. The molecule has 7 nitrogen and oxygen atoms in total. The summed E-state index contributed by atoms with van der Waals surface area (Å²) in [6.45, 7) is 9.71. The van der Waals surface area contributed by atoms with Crippen LogP contribution in [0.3, 0.4) is 0 Å². The van der Waals surface area contributed by atoms with Crippen molar-refractivity contribution in [1.82, 2.24) is 10.6 Å². The highest BCUT2D eigenvalue weighted by Gasteiger charge is 2.34. The van der Waals surface area contributed by atoms with Crippen molar-refractivity contribution in [3.8, 4) is 0 Å². The monoisotopic (exact) mass is 708 g/mol. The molecule has 2 aliphatic rings. The summed E-state index contributed by atoms with van der Waals surface area (Å²) in [6, 6.07) is 10.4. The van der Waals surface area contributed by atoms with Gasteiger partial charge in [-0.05, 0) is 112 Å². The van der Waals surface area contributed by atoms with Crippen LogP contribution in [0.25, 0.3) is 0 Å². The lowest BCUT2D eigenvalue weighted by Crippen LogP contribution is -2.32. The normalized spacial score (nSPS) is 17.4. The van der Waals surface area contributed by atoms with Gasteiger partial charge in [-0.25, -0.2) is 14.2 Å². The van der Waals surface area contributed by atoms with Gasteiger partial charge in [0.2, 0.25) is 0 Å². The highest BCUT2D eigenvalue weighted by atomic mass is 19.4. The van der Waals surface area contributed by atoms with E-state index >= 15 is 4.39 Å². The zero-order chi connectivity index (χ0) is 37.2. The number of alkyl halides is 3. The number of carbonyl (C=O) groups is 2. The molecule has 0 spiro atoms. The Kier molecular flexibility index (Phi) is 13.6. The van der Waals surface area contributed by atoms with Crippen LogP contribution >= 0.6 is 0 Å². The Labute approximate surface area is 298 Å². The first kappa shape index (κ1) is 39.3. The number of alkyl carbamates (subject to hydrolysis) is 1. The van der Waals surface area contributed by atoms with E-state index in [0.717, 1.165) is 31.4 Å². The number of anilines is 1. The first-order valence-corrected chi connectivity index (χ1v) is 17.5. The van der Waals surface area contributed by atoms with Crippen LogP contribution in [-0.2, 0) is 16.1 Å². The molecule has 2 atom stereocenters. The second-order valence-electron chi connectivity index (χ2n) is 13.9. The smallest absolute Gasteiger partial charge is 0.412 e. The van der Waals surface area contributed by atoms with E-state index in [4.69, 9.17) is 4.74 Å². The summed E-state index contributed by atoms with van der Waals surface area (Å²) < 4.78 is 62.8. The van der Waals surface area contributed by atoms with E-state index in [1.165, 1.54) is 24.3 Å². The zero-order valence-corrected chi connectivity index (χ0v) is 29.9. The van der Waals surface area contributed by atoms with Crippen LogP contribution in [0.15, 0.2) is 95.1 Å². The molecule has 0 radical (unpaired) electrons. The highest BCUT2D eigenvalue weighted by Crippen LogP contribution is 2.33. The fraction of sp³-hybridized carbons (Fsp3) is 0.425. The van der Waals surface area contributed by atoms with Crippen LogP contribution in [0.4, 0.5) is 33.7 Å². The van der Waals surface area contributed by atoms with E-state index < -0.39 is 40.9 Å². The number of carbonyl (C=O) groups excluding carboxylic acids is 2. The van der Waals surface area contributed by atoms with Gasteiger partial charge >= 0.3 is 12.3 Å². The average Bonchev–Trinajstić information content (AvgIpc) is 3.91. The molecule has 274 valence electrons. The molecule has 0 heterocycles. The van der Waals surface area contributed by atoms with Gasteiger partial charge in [-0.15, -0.1) is 0 Å². The third kappa shape index (κ3) is 12.6. The Balaban J connectivity index is 1.66. The van der Waals surface area contributed by atoms with Crippen LogP contribution < -0.4 is 16.0 Å². The Bertz CT molecular complexity index is 1700. The summed E-state index contributed by atoms with van der Waals surface area (Å²) >= 11 is 0. The summed E-state index contributed by atoms with van der Waals surface area (Å²) in [5.74, 6) is -0.907. The van der Waals surface area contributed by atoms with Gasteiger partial charge in [0, 0.05) is 12.1 Å². The molecule has 0 bridgehead atoms. The van der Waals surface area contributed by atoms with E-state index in [0.29, 0.717) is 23.1 Å². The van der Waals surface area contributed by atoms with E-state index in [1.54, 1.807) is 45.9 Å². The molecule has 2 aliphatic carbocycles. The number of allylic oxidation sites excluding steroid dienone is 5. The third-order valence-corrected chi connectivity index (χ3v) is 8.29. The summed E-state index contributed by atoms with van der Waals surface area (Å²) in [5, 5.41) is 8.72. The van der Waals surface area contributed by atoms with Crippen molar-refractivity contribution in [3.63, 3.8) is 0 Å². The number of amides is 2. The molecule has 3 N–H and O–H groups in total. The van der Waals surface area contributed by atoms with Crippen LogP contribution in [0, 0.1) is 17.7 Å². The van der Waals surface area contributed by atoms with Gasteiger partial charge in [0.15, 0.2) is 0 Å². The number of ether oxygens (including phenoxy) is 1. The van der Waals surface area contributed by atoms with E-state index in [-0.39, 0.29) is 42.7 Å². The number of aliphatic imine (C=N–C) groups is 1. The number of halogens is 4. The standard InChI is InChI=1S/C40H48F4N4O3/c1-6-10-31(40(42,43)44)23-35(47-32-14-9-12-28(21-32)25-46-38(50)51-39(3,4)5)37(49)48-34-22-30(19-20-33(34)41)36(45-24-27-15-16-27)29-13-8-11-26(7-2)17-18-29/h8-9,11-14,17-23,26-27,36,45H,6-7,10,15-16,24-25H2,1-5H3,(H,46,50)(H,48,49)/b31-23+,47-35?. The maximum atomic E-state index is 15.3. The lowest BCUT2D eigenvalue weighted by Gasteiger charge is -2.22. The first-order chi connectivity index (χ1) is 24.1. The number of nitrogens with one attached hydrogen (secondary N) is 3. The summed E-state index contributed by atoms with van der Waals surface area (Å²) in [7, 11) is 0. The molecular formula is C40H48F4N4O3. The number of rotatable bonds is 14. The minimum absolute atomic E-state index is 0.0494. The van der Waals surface area contributed by atoms with Gasteiger partial charge in [-0.1, -0.05) is 68.8 Å². The highest BCUT2D eigenvalue weighted by molar-refractivity contribution is 6.47. The van der Waals surface area contributed by atoms with Crippen molar-refractivity contribution < 1.29 is 31.9 Å². The molecule has 4 rings (SSSR count). The maximum absolute atomic E-state index is 15.3. The lowest BCUT2D eigenvalue weighted by molar-refractivity contribution is -0.110. The van der Waals surface area contributed by atoms with Crippen LogP contribution in [-0.4, -0.2) is 36.0 Å². The third-order valence-electron chi connectivity index (χ3n) is 8.29. The molecule has 2 amide bonds. The van der Waals surface area contributed by atoms with Gasteiger partial charge in [-0.3, -0.25) is 4.79 Å². The average molecular weight is 709 g/mol. The van der Waals surface area contributed by atoms with Crippen molar-refractivity contribution >= 4 is 29.1 Å². The van der Waals surface area contributed by atoms with E-state index in [9.17, 15) is 22.8 Å². The molecular weight excluding hydrogens is 660 g/mol. The zero-order valence-electron chi connectivity index (χ0n) is 29.9.